The van der Waals surface area contributed by atoms with Crippen molar-refractivity contribution in [3.05, 3.63) is 11.6 Å². The molecule has 0 radical (unpaired) electrons. The van der Waals surface area contributed by atoms with E-state index in [2.05, 4.69) is 25.2 Å². The van der Waals surface area contributed by atoms with Crippen LogP contribution in [-0.2, 0) is 0 Å². The Morgan fingerprint density at radius 1 is 1.50 bits per heavy atom. The van der Waals surface area contributed by atoms with Crippen LogP contribution in [0.1, 0.15) is 26.7 Å². The molecule has 1 nitrogen and oxygen atoms in total. The average Bonchev–Trinajstić information content (AvgIpc) is 2.15. The summed E-state index contributed by atoms with van der Waals surface area (Å²) < 4.78 is 0. The Labute approximate surface area is 69.3 Å². The lowest BCUT2D eigenvalue weighted by atomic mass is 10.2. The second-order valence-corrected chi connectivity index (χ2v) is 2.95. The molecule has 1 saturated heterocycles. The molecule has 60 valence electrons. The van der Waals surface area contributed by atoms with Crippen LogP contribution in [0.25, 0.3) is 0 Å². The number of allylic oxidation sites excluding steroid dienone is 1. The number of hydrogen-bond acceptors (Lipinski definition) is 1. The van der Waals surface area contributed by atoms with E-state index in [4.69, 9.17) is 0 Å². The smallest absolute Gasteiger partial charge is 0.0252 e. The molecular formula is C8H16ClN. The van der Waals surface area contributed by atoms with E-state index < -0.39 is 0 Å². The van der Waals surface area contributed by atoms with Crippen molar-refractivity contribution in [3.63, 3.8) is 0 Å². The van der Waals surface area contributed by atoms with Crippen molar-refractivity contribution in [2.75, 3.05) is 6.54 Å². The molecule has 2 heteroatoms. The Morgan fingerprint density at radius 2 is 2.20 bits per heavy atom. The minimum atomic E-state index is 0. The summed E-state index contributed by atoms with van der Waals surface area (Å²) in [6, 6.07) is 0.676. The first-order valence-electron chi connectivity index (χ1n) is 3.67. The molecule has 0 spiro atoms. The fourth-order valence-corrected chi connectivity index (χ4v) is 1.26. The first-order chi connectivity index (χ1) is 4.29. The van der Waals surface area contributed by atoms with Crippen LogP contribution in [0.4, 0.5) is 0 Å². The highest BCUT2D eigenvalue weighted by molar-refractivity contribution is 5.85. The normalized spacial score (nSPS) is 23.6. The fraction of sp³-hybridized carbons (Fsp3) is 0.750. The third-order valence-electron chi connectivity index (χ3n) is 1.63. The maximum Gasteiger partial charge on any atom is 0.0252 e. The Kier molecular flexibility index (Phi) is 4.75. The van der Waals surface area contributed by atoms with E-state index in [9.17, 15) is 0 Å². The van der Waals surface area contributed by atoms with Crippen molar-refractivity contribution in [2.24, 2.45) is 0 Å². The van der Waals surface area contributed by atoms with Gasteiger partial charge in [-0.05, 0) is 33.2 Å². The first kappa shape index (κ1) is 9.99. The Morgan fingerprint density at radius 3 is 2.60 bits per heavy atom. The highest BCUT2D eigenvalue weighted by Crippen LogP contribution is 2.07. The molecule has 1 aliphatic heterocycles. The first-order valence-corrected chi connectivity index (χ1v) is 3.67. The zero-order chi connectivity index (χ0) is 6.69. The van der Waals surface area contributed by atoms with Gasteiger partial charge in [0, 0.05) is 6.04 Å². The molecule has 1 heterocycles. The zero-order valence-corrected chi connectivity index (χ0v) is 7.50. The number of rotatable bonds is 1. The van der Waals surface area contributed by atoms with Gasteiger partial charge in [0.1, 0.15) is 0 Å². The molecule has 0 saturated carbocycles. The molecule has 0 bridgehead atoms. The number of nitrogens with one attached hydrogen (secondary N) is 1. The summed E-state index contributed by atoms with van der Waals surface area (Å²) in [5.41, 5.74) is 1.43. The molecule has 1 atom stereocenters. The summed E-state index contributed by atoms with van der Waals surface area (Å²) in [7, 11) is 0. The van der Waals surface area contributed by atoms with Crippen molar-refractivity contribution in [1.82, 2.24) is 5.32 Å². The topological polar surface area (TPSA) is 12.0 Å². The van der Waals surface area contributed by atoms with Crippen molar-refractivity contribution < 1.29 is 0 Å². The van der Waals surface area contributed by atoms with Crippen LogP contribution < -0.4 is 5.32 Å². The van der Waals surface area contributed by atoms with Gasteiger partial charge >= 0.3 is 0 Å². The molecule has 0 aromatic rings. The fourth-order valence-electron chi connectivity index (χ4n) is 1.26. The van der Waals surface area contributed by atoms with Crippen LogP contribution in [0.3, 0.4) is 0 Å². The van der Waals surface area contributed by atoms with Crippen LogP contribution in [0.15, 0.2) is 11.6 Å². The summed E-state index contributed by atoms with van der Waals surface area (Å²) in [5, 5.41) is 3.41. The lowest BCUT2D eigenvalue weighted by molar-refractivity contribution is 0.722. The van der Waals surface area contributed by atoms with Crippen LogP contribution >= 0.6 is 12.4 Å². The van der Waals surface area contributed by atoms with E-state index in [1.807, 2.05) is 0 Å². The standard InChI is InChI=1S/C8H15N.ClH/c1-7(2)6-8-4-3-5-9-8;/h6,8-9H,3-5H2,1-2H3;1H. The molecule has 1 rings (SSSR count). The van der Waals surface area contributed by atoms with Crippen LogP contribution in [0, 0.1) is 0 Å². The third kappa shape index (κ3) is 3.23. The monoisotopic (exact) mass is 161 g/mol. The van der Waals surface area contributed by atoms with E-state index in [1.165, 1.54) is 25.0 Å². The van der Waals surface area contributed by atoms with E-state index in [0.29, 0.717) is 6.04 Å². The van der Waals surface area contributed by atoms with Crippen LogP contribution in [0.2, 0.25) is 0 Å². The molecule has 0 aromatic heterocycles. The molecule has 0 amide bonds. The van der Waals surface area contributed by atoms with E-state index in [1.54, 1.807) is 0 Å². The molecule has 1 unspecified atom stereocenters. The summed E-state index contributed by atoms with van der Waals surface area (Å²) in [4.78, 5) is 0. The lowest BCUT2D eigenvalue weighted by Crippen LogP contribution is -2.18. The molecule has 10 heavy (non-hydrogen) atoms. The summed E-state index contributed by atoms with van der Waals surface area (Å²) >= 11 is 0. The van der Waals surface area contributed by atoms with E-state index in [-0.39, 0.29) is 12.4 Å². The van der Waals surface area contributed by atoms with Gasteiger partial charge in [0.05, 0.1) is 0 Å². The highest BCUT2D eigenvalue weighted by Gasteiger charge is 2.09. The van der Waals surface area contributed by atoms with Gasteiger partial charge in [-0.25, -0.2) is 0 Å². The SMILES string of the molecule is CC(C)=CC1CCCN1.Cl. The number of hydrogen-bond donors (Lipinski definition) is 1. The second-order valence-electron chi connectivity index (χ2n) is 2.95. The van der Waals surface area contributed by atoms with Gasteiger partial charge in [-0.15, -0.1) is 12.4 Å². The minimum absolute atomic E-state index is 0. The average molecular weight is 162 g/mol. The maximum atomic E-state index is 3.41. The highest BCUT2D eigenvalue weighted by atomic mass is 35.5. The summed E-state index contributed by atoms with van der Waals surface area (Å²) in [5.74, 6) is 0. The van der Waals surface area contributed by atoms with Gasteiger partial charge in [-0.3, -0.25) is 0 Å². The Bertz CT molecular complexity index is 110. The largest absolute Gasteiger partial charge is 0.311 e. The van der Waals surface area contributed by atoms with E-state index >= 15 is 0 Å². The predicted molar refractivity (Wildman–Crippen MR) is 47.7 cm³/mol. The van der Waals surface area contributed by atoms with Crippen molar-refractivity contribution in [2.45, 2.75) is 32.7 Å². The van der Waals surface area contributed by atoms with Crippen molar-refractivity contribution in [3.8, 4) is 0 Å². The zero-order valence-electron chi connectivity index (χ0n) is 6.68. The van der Waals surface area contributed by atoms with Gasteiger partial charge in [0.25, 0.3) is 0 Å². The molecule has 0 aliphatic carbocycles. The summed E-state index contributed by atoms with van der Waals surface area (Å²) in [6.45, 7) is 5.51. The predicted octanol–water partition coefficient (Wildman–Crippen LogP) is 2.13. The molecule has 1 N–H and O–H groups in total. The second kappa shape index (κ2) is 4.75. The Balaban J connectivity index is 0.000000810. The lowest BCUT2D eigenvalue weighted by Gasteiger charge is -2.02. The molecule has 1 fully saturated rings. The maximum absolute atomic E-state index is 3.41. The van der Waals surface area contributed by atoms with Crippen LogP contribution in [-0.4, -0.2) is 12.6 Å². The van der Waals surface area contributed by atoms with Crippen molar-refractivity contribution in [1.29, 1.82) is 0 Å². The van der Waals surface area contributed by atoms with Gasteiger partial charge in [0.2, 0.25) is 0 Å². The third-order valence-corrected chi connectivity index (χ3v) is 1.63. The Hall–Kier alpha value is -0.0100. The molecule has 0 aromatic carbocycles. The summed E-state index contributed by atoms with van der Waals surface area (Å²) in [6.07, 6.45) is 4.98. The van der Waals surface area contributed by atoms with Crippen molar-refractivity contribution >= 4 is 12.4 Å². The number of halogens is 1. The van der Waals surface area contributed by atoms with Crippen LogP contribution in [0.5, 0.6) is 0 Å². The quantitative estimate of drug-likeness (QED) is 0.581. The van der Waals surface area contributed by atoms with Gasteiger partial charge in [-0.1, -0.05) is 11.6 Å². The minimum Gasteiger partial charge on any atom is -0.311 e. The van der Waals surface area contributed by atoms with Gasteiger partial charge in [0.15, 0.2) is 0 Å². The van der Waals surface area contributed by atoms with Gasteiger partial charge < -0.3 is 5.32 Å². The van der Waals surface area contributed by atoms with E-state index in [0.717, 1.165) is 0 Å². The molecule has 1 aliphatic rings. The van der Waals surface area contributed by atoms with Gasteiger partial charge in [-0.2, -0.15) is 0 Å². The molecular weight excluding hydrogens is 146 g/mol.